The summed E-state index contributed by atoms with van der Waals surface area (Å²) in [5.41, 5.74) is 0. The fourth-order valence-electron chi connectivity index (χ4n) is 0.383. The Labute approximate surface area is 80.2 Å². The minimum absolute atomic E-state index is 0. The summed E-state index contributed by atoms with van der Waals surface area (Å²) in [6.07, 6.45) is 6.00. The van der Waals surface area contributed by atoms with E-state index in [9.17, 15) is 0 Å². The molecule has 0 unspecified atom stereocenters. The van der Waals surface area contributed by atoms with Crippen molar-refractivity contribution >= 4 is 6.21 Å². The smallest absolute Gasteiger partial charge is 0.164 e. The first kappa shape index (κ1) is 12.6. The lowest BCUT2D eigenvalue weighted by molar-refractivity contribution is -0.458. The van der Waals surface area contributed by atoms with Crippen molar-refractivity contribution in [3.05, 3.63) is 12.3 Å². The van der Waals surface area contributed by atoms with Crippen molar-refractivity contribution in [2.75, 3.05) is 28.2 Å². The normalized spacial score (nSPS) is 8.80. The number of rotatable bonds is 2. The second kappa shape index (κ2) is 7.05. The molecule has 0 N–H and O–H groups in total. The molecule has 0 bridgehead atoms. The monoisotopic (exact) mass is 254 g/mol. The van der Waals surface area contributed by atoms with Crippen molar-refractivity contribution in [3.8, 4) is 0 Å². The van der Waals surface area contributed by atoms with Crippen LogP contribution < -0.4 is 24.0 Å². The molecule has 0 saturated heterocycles. The molecule has 3 heteroatoms. The summed E-state index contributed by atoms with van der Waals surface area (Å²) in [6, 6.07) is 0. The van der Waals surface area contributed by atoms with E-state index in [-0.39, 0.29) is 24.0 Å². The zero-order valence-corrected chi connectivity index (χ0v) is 9.16. The fourth-order valence-corrected chi connectivity index (χ4v) is 0.383. The molecule has 0 spiro atoms. The van der Waals surface area contributed by atoms with Crippen molar-refractivity contribution < 1.29 is 28.6 Å². The Morgan fingerprint density at radius 2 is 1.70 bits per heavy atom. The van der Waals surface area contributed by atoms with E-state index in [1.54, 1.807) is 0 Å². The molecule has 0 aromatic heterocycles. The molecule has 10 heavy (non-hydrogen) atoms. The molecular formula is C7H15IN2. The minimum Gasteiger partial charge on any atom is -1.00 e. The molecule has 0 amide bonds. The van der Waals surface area contributed by atoms with Gasteiger partial charge in [0.2, 0.25) is 0 Å². The van der Waals surface area contributed by atoms with Crippen molar-refractivity contribution in [2.45, 2.75) is 0 Å². The highest BCUT2D eigenvalue weighted by Gasteiger charge is 1.76. The number of halogens is 1. The van der Waals surface area contributed by atoms with Gasteiger partial charge >= 0.3 is 0 Å². The maximum atomic E-state index is 2.00. The molecule has 0 saturated carbocycles. The summed E-state index contributed by atoms with van der Waals surface area (Å²) < 4.78 is 2.00. The van der Waals surface area contributed by atoms with Crippen LogP contribution in [0.1, 0.15) is 0 Å². The molecule has 0 heterocycles. The highest BCUT2D eigenvalue weighted by Crippen LogP contribution is 1.72. The second-order valence-corrected chi connectivity index (χ2v) is 2.42. The van der Waals surface area contributed by atoms with Crippen molar-refractivity contribution in [1.29, 1.82) is 0 Å². The Balaban J connectivity index is 0. The summed E-state index contributed by atoms with van der Waals surface area (Å²) in [5.74, 6) is 0. The fraction of sp³-hybridized carbons (Fsp3) is 0.571. The van der Waals surface area contributed by atoms with Gasteiger partial charge in [0.15, 0.2) is 6.21 Å². The molecule has 0 atom stereocenters. The maximum Gasteiger partial charge on any atom is 0.164 e. The van der Waals surface area contributed by atoms with Crippen LogP contribution in [0.4, 0.5) is 0 Å². The van der Waals surface area contributed by atoms with Gasteiger partial charge in [0, 0.05) is 26.4 Å². The minimum atomic E-state index is 0. The Morgan fingerprint density at radius 1 is 1.20 bits per heavy atom. The van der Waals surface area contributed by atoms with Gasteiger partial charge in [0.05, 0.1) is 0 Å². The average molecular weight is 254 g/mol. The van der Waals surface area contributed by atoms with Gasteiger partial charge in [0.25, 0.3) is 0 Å². The van der Waals surface area contributed by atoms with Gasteiger partial charge in [0.1, 0.15) is 14.1 Å². The Kier molecular flexibility index (Phi) is 8.89. The van der Waals surface area contributed by atoms with Crippen LogP contribution in [-0.4, -0.2) is 43.9 Å². The molecule has 0 aromatic rings. The molecule has 0 rings (SSSR count). The first-order chi connectivity index (χ1) is 4.13. The summed E-state index contributed by atoms with van der Waals surface area (Å²) in [5, 5.41) is 0. The molecule has 2 nitrogen and oxygen atoms in total. The third-order valence-electron chi connectivity index (χ3n) is 0.768. The molecule has 60 valence electrons. The van der Waals surface area contributed by atoms with Crippen LogP contribution >= 0.6 is 0 Å². The molecule has 0 aliphatic heterocycles. The van der Waals surface area contributed by atoms with E-state index in [4.69, 9.17) is 0 Å². The standard InChI is InChI=1S/C7H15N2.HI/c1-8(2)6-5-7-9(3)4;/h5-7H,1-4H3;1H/q+1;/p-1. The first-order valence-corrected chi connectivity index (χ1v) is 2.97. The lowest BCUT2D eigenvalue weighted by Crippen LogP contribution is -3.00. The van der Waals surface area contributed by atoms with Gasteiger partial charge < -0.3 is 28.9 Å². The number of hydrogen-bond donors (Lipinski definition) is 0. The summed E-state index contributed by atoms with van der Waals surface area (Å²) in [6.45, 7) is 0. The van der Waals surface area contributed by atoms with E-state index in [1.807, 2.05) is 56.2 Å². The average Bonchev–Trinajstić information content (AvgIpc) is 1.63. The second-order valence-electron chi connectivity index (χ2n) is 2.42. The zero-order chi connectivity index (χ0) is 7.28. The largest absolute Gasteiger partial charge is 1.00 e. The molecule has 0 radical (unpaired) electrons. The van der Waals surface area contributed by atoms with E-state index in [0.717, 1.165) is 0 Å². The number of allylic oxidation sites excluding steroid dienone is 1. The van der Waals surface area contributed by atoms with Crippen molar-refractivity contribution in [1.82, 2.24) is 4.90 Å². The van der Waals surface area contributed by atoms with Gasteiger partial charge in [-0.2, -0.15) is 0 Å². The summed E-state index contributed by atoms with van der Waals surface area (Å²) in [7, 11) is 8.00. The topological polar surface area (TPSA) is 6.25 Å². The molecular weight excluding hydrogens is 239 g/mol. The van der Waals surface area contributed by atoms with Gasteiger partial charge in [-0.3, -0.25) is 0 Å². The van der Waals surface area contributed by atoms with Crippen molar-refractivity contribution in [2.24, 2.45) is 0 Å². The Bertz CT molecular complexity index is 124. The van der Waals surface area contributed by atoms with Crippen LogP contribution in [0.3, 0.4) is 0 Å². The molecule has 0 fully saturated rings. The van der Waals surface area contributed by atoms with Crippen LogP contribution in [-0.2, 0) is 0 Å². The summed E-state index contributed by atoms with van der Waals surface area (Å²) in [4.78, 5) is 2.00. The van der Waals surface area contributed by atoms with Crippen LogP contribution in [0, 0.1) is 0 Å². The predicted molar refractivity (Wildman–Crippen MR) is 41.0 cm³/mol. The van der Waals surface area contributed by atoms with E-state index >= 15 is 0 Å². The Morgan fingerprint density at radius 3 is 2.00 bits per heavy atom. The van der Waals surface area contributed by atoms with Gasteiger partial charge in [-0.05, 0) is 0 Å². The maximum absolute atomic E-state index is 2.00. The zero-order valence-electron chi connectivity index (χ0n) is 7.00. The number of hydrogen-bond acceptors (Lipinski definition) is 1. The quantitative estimate of drug-likeness (QED) is 0.298. The van der Waals surface area contributed by atoms with Crippen LogP contribution in [0.25, 0.3) is 0 Å². The van der Waals surface area contributed by atoms with Crippen molar-refractivity contribution in [3.63, 3.8) is 0 Å². The number of nitrogens with zero attached hydrogens (tertiary/aromatic N) is 2. The lowest BCUT2D eigenvalue weighted by atomic mass is 10.6. The highest BCUT2D eigenvalue weighted by molar-refractivity contribution is 5.65. The Hall–Kier alpha value is -0.0600. The van der Waals surface area contributed by atoms with Gasteiger partial charge in [-0.25, -0.2) is 4.58 Å². The molecule has 0 aromatic carbocycles. The molecule has 0 aliphatic rings. The van der Waals surface area contributed by atoms with E-state index < -0.39 is 0 Å². The van der Waals surface area contributed by atoms with Crippen LogP contribution in [0.2, 0.25) is 0 Å². The third-order valence-corrected chi connectivity index (χ3v) is 0.768. The predicted octanol–water partition coefficient (Wildman–Crippen LogP) is -2.59. The van der Waals surface area contributed by atoms with E-state index in [0.29, 0.717) is 0 Å². The summed E-state index contributed by atoms with van der Waals surface area (Å²) >= 11 is 0. The van der Waals surface area contributed by atoms with E-state index in [2.05, 4.69) is 0 Å². The third kappa shape index (κ3) is 10.8. The van der Waals surface area contributed by atoms with E-state index in [1.165, 1.54) is 0 Å². The van der Waals surface area contributed by atoms with Crippen LogP contribution in [0.5, 0.6) is 0 Å². The van der Waals surface area contributed by atoms with Gasteiger partial charge in [-0.15, -0.1) is 0 Å². The lowest BCUT2D eigenvalue weighted by Gasteiger charge is -1.99. The SMILES string of the molecule is CN(C)/C=C/C=[N+](C)C.[I-]. The van der Waals surface area contributed by atoms with Crippen LogP contribution in [0.15, 0.2) is 12.3 Å². The first-order valence-electron chi connectivity index (χ1n) is 2.97. The van der Waals surface area contributed by atoms with Gasteiger partial charge in [-0.1, -0.05) is 0 Å². The highest BCUT2D eigenvalue weighted by atomic mass is 127. The molecule has 0 aliphatic carbocycles.